The van der Waals surface area contributed by atoms with E-state index in [1.807, 2.05) is 0 Å². The fourth-order valence-corrected chi connectivity index (χ4v) is 5.03. The molecule has 2 aliphatic rings. The molecule has 1 aliphatic heterocycles. The number of halogens is 2. The van der Waals surface area contributed by atoms with Crippen molar-refractivity contribution in [1.29, 1.82) is 0 Å². The molecule has 5 rings (SSSR count). The summed E-state index contributed by atoms with van der Waals surface area (Å²) in [6.45, 7) is 3.32. The van der Waals surface area contributed by atoms with Gasteiger partial charge in [-0.2, -0.15) is 0 Å². The summed E-state index contributed by atoms with van der Waals surface area (Å²) in [6.07, 6.45) is 4.79. The van der Waals surface area contributed by atoms with Gasteiger partial charge in [-0.25, -0.2) is 4.39 Å². The molecule has 4 nitrogen and oxygen atoms in total. The van der Waals surface area contributed by atoms with E-state index < -0.39 is 0 Å². The SMILES string of the molecule is Fc1ccc(Cl)c(-c2ccc(OC3CC4(CCN(Cc5ccccc5)CC4)C3)nn2)c1. The van der Waals surface area contributed by atoms with Crippen LogP contribution in [0.2, 0.25) is 5.02 Å². The van der Waals surface area contributed by atoms with Crippen LogP contribution in [0.15, 0.2) is 60.7 Å². The molecule has 1 aliphatic carbocycles. The zero-order valence-electron chi connectivity index (χ0n) is 17.3. The maximum Gasteiger partial charge on any atom is 0.233 e. The molecule has 0 unspecified atom stereocenters. The second-order valence-electron chi connectivity index (χ2n) is 8.79. The van der Waals surface area contributed by atoms with Crippen LogP contribution in [0.3, 0.4) is 0 Å². The average Bonchev–Trinajstić information content (AvgIpc) is 2.77. The Morgan fingerprint density at radius 2 is 1.77 bits per heavy atom. The second kappa shape index (κ2) is 8.56. The van der Waals surface area contributed by atoms with Gasteiger partial charge in [0.2, 0.25) is 5.88 Å². The minimum atomic E-state index is -0.351. The first kappa shape index (κ1) is 20.4. The monoisotopic (exact) mass is 437 g/mol. The molecule has 0 bridgehead atoms. The van der Waals surface area contributed by atoms with Crippen LogP contribution in [-0.2, 0) is 6.54 Å². The van der Waals surface area contributed by atoms with Gasteiger partial charge in [0.1, 0.15) is 11.9 Å². The normalized spacial score (nSPS) is 18.6. The van der Waals surface area contributed by atoms with Crippen molar-refractivity contribution in [3.8, 4) is 17.1 Å². The molecule has 1 saturated heterocycles. The van der Waals surface area contributed by atoms with Crippen LogP contribution in [-0.4, -0.2) is 34.3 Å². The molecule has 31 heavy (non-hydrogen) atoms. The first-order chi connectivity index (χ1) is 15.1. The smallest absolute Gasteiger partial charge is 0.233 e. The lowest BCUT2D eigenvalue weighted by atomic mass is 9.61. The van der Waals surface area contributed by atoms with Crippen LogP contribution in [0.4, 0.5) is 4.39 Å². The standard InChI is InChI=1S/C25H25ClFN3O/c26-22-7-6-19(27)14-21(22)23-8-9-24(29-28-23)31-20-15-25(16-20)10-12-30(13-11-25)17-18-4-2-1-3-5-18/h1-9,14,20H,10-13,15-17H2. The lowest BCUT2D eigenvalue weighted by molar-refractivity contribution is -0.0583. The number of benzene rings is 2. The largest absolute Gasteiger partial charge is 0.473 e. The first-order valence-electron chi connectivity index (χ1n) is 10.8. The van der Waals surface area contributed by atoms with Crippen LogP contribution in [0, 0.1) is 11.2 Å². The number of hydrogen-bond acceptors (Lipinski definition) is 4. The Morgan fingerprint density at radius 3 is 2.48 bits per heavy atom. The van der Waals surface area contributed by atoms with E-state index in [4.69, 9.17) is 16.3 Å². The van der Waals surface area contributed by atoms with Crippen molar-refractivity contribution in [1.82, 2.24) is 15.1 Å². The molecule has 1 spiro atoms. The molecule has 1 saturated carbocycles. The molecular formula is C25H25ClFN3O. The molecule has 0 amide bonds. The van der Waals surface area contributed by atoms with Crippen molar-refractivity contribution in [2.24, 2.45) is 5.41 Å². The first-order valence-corrected chi connectivity index (χ1v) is 11.2. The van der Waals surface area contributed by atoms with Gasteiger partial charge in [0, 0.05) is 18.2 Å². The third kappa shape index (κ3) is 4.58. The van der Waals surface area contributed by atoms with Gasteiger partial charge in [0.15, 0.2) is 0 Å². The molecule has 1 aromatic heterocycles. The van der Waals surface area contributed by atoms with Crippen molar-refractivity contribution < 1.29 is 9.13 Å². The van der Waals surface area contributed by atoms with Crippen molar-refractivity contribution in [2.75, 3.05) is 13.1 Å². The molecule has 6 heteroatoms. The molecule has 0 radical (unpaired) electrons. The Kier molecular flexibility index (Phi) is 5.63. The van der Waals surface area contributed by atoms with Gasteiger partial charge < -0.3 is 4.74 Å². The maximum atomic E-state index is 13.5. The number of aromatic nitrogens is 2. The number of rotatable bonds is 5. The zero-order chi connectivity index (χ0) is 21.3. The van der Waals surface area contributed by atoms with Gasteiger partial charge >= 0.3 is 0 Å². The fraction of sp³-hybridized carbons (Fsp3) is 0.360. The predicted octanol–water partition coefficient (Wildman–Crippen LogP) is 5.76. The minimum absolute atomic E-state index is 0.193. The third-order valence-corrected chi connectivity index (χ3v) is 6.95. The summed E-state index contributed by atoms with van der Waals surface area (Å²) >= 11 is 6.16. The minimum Gasteiger partial charge on any atom is -0.473 e. The molecule has 0 N–H and O–H groups in total. The molecule has 0 atom stereocenters. The van der Waals surface area contributed by atoms with E-state index in [1.165, 1.54) is 36.6 Å². The predicted molar refractivity (Wildman–Crippen MR) is 119 cm³/mol. The van der Waals surface area contributed by atoms with E-state index in [9.17, 15) is 4.39 Å². The summed E-state index contributed by atoms with van der Waals surface area (Å²) in [4.78, 5) is 2.55. The number of nitrogens with zero attached hydrogens (tertiary/aromatic N) is 3. The van der Waals surface area contributed by atoms with E-state index in [-0.39, 0.29) is 11.9 Å². The zero-order valence-corrected chi connectivity index (χ0v) is 18.1. The summed E-state index contributed by atoms with van der Waals surface area (Å²) in [7, 11) is 0. The van der Waals surface area contributed by atoms with Gasteiger partial charge in [-0.3, -0.25) is 4.90 Å². The average molecular weight is 438 g/mol. The molecule has 2 aromatic carbocycles. The van der Waals surface area contributed by atoms with Crippen LogP contribution in [0.1, 0.15) is 31.2 Å². The fourth-order valence-electron chi connectivity index (χ4n) is 4.82. The van der Waals surface area contributed by atoms with E-state index in [0.717, 1.165) is 32.5 Å². The number of piperidine rings is 1. The van der Waals surface area contributed by atoms with Crippen LogP contribution < -0.4 is 4.74 Å². The van der Waals surface area contributed by atoms with Gasteiger partial charge in [-0.15, -0.1) is 10.2 Å². The summed E-state index contributed by atoms with van der Waals surface area (Å²) < 4.78 is 19.6. The van der Waals surface area contributed by atoms with Crippen molar-refractivity contribution in [3.63, 3.8) is 0 Å². The Bertz CT molecular complexity index is 1030. The Balaban J connectivity index is 1.12. The van der Waals surface area contributed by atoms with E-state index >= 15 is 0 Å². The summed E-state index contributed by atoms with van der Waals surface area (Å²) in [5, 5.41) is 8.81. The lowest BCUT2D eigenvalue weighted by Crippen LogP contribution is -2.50. The third-order valence-electron chi connectivity index (χ3n) is 6.62. The molecule has 2 heterocycles. The summed E-state index contributed by atoms with van der Waals surface area (Å²) in [6, 6.07) is 18.5. The highest BCUT2D eigenvalue weighted by Crippen LogP contribution is 2.50. The van der Waals surface area contributed by atoms with Gasteiger partial charge in [-0.05, 0) is 74.0 Å². The second-order valence-corrected chi connectivity index (χ2v) is 9.20. The molecule has 2 fully saturated rings. The van der Waals surface area contributed by atoms with Crippen LogP contribution >= 0.6 is 11.6 Å². The molecule has 160 valence electrons. The number of ether oxygens (including phenoxy) is 1. The summed E-state index contributed by atoms with van der Waals surface area (Å²) in [5.41, 5.74) is 2.87. The van der Waals surface area contributed by atoms with E-state index in [2.05, 4.69) is 45.4 Å². The number of hydrogen-bond donors (Lipinski definition) is 0. The van der Waals surface area contributed by atoms with Gasteiger partial charge in [-0.1, -0.05) is 41.9 Å². The Morgan fingerprint density at radius 1 is 1.00 bits per heavy atom. The maximum absolute atomic E-state index is 13.5. The van der Waals surface area contributed by atoms with Gasteiger partial charge in [0.05, 0.1) is 10.7 Å². The van der Waals surface area contributed by atoms with E-state index in [1.54, 1.807) is 12.1 Å². The van der Waals surface area contributed by atoms with Crippen LogP contribution in [0.25, 0.3) is 11.3 Å². The van der Waals surface area contributed by atoms with Crippen molar-refractivity contribution >= 4 is 11.6 Å². The van der Waals surface area contributed by atoms with E-state index in [0.29, 0.717) is 27.6 Å². The number of likely N-dealkylation sites (tertiary alicyclic amines) is 1. The highest BCUT2D eigenvalue weighted by molar-refractivity contribution is 6.33. The molecule has 3 aromatic rings. The lowest BCUT2D eigenvalue weighted by Gasteiger charge is -2.51. The summed E-state index contributed by atoms with van der Waals surface area (Å²) in [5.74, 6) is 0.161. The van der Waals surface area contributed by atoms with Crippen molar-refractivity contribution in [2.45, 2.75) is 38.3 Å². The topological polar surface area (TPSA) is 38.2 Å². The highest BCUT2D eigenvalue weighted by Gasteiger charge is 2.47. The van der Waals surface area contributed by atoms with Crippen molar-refractivity contribution in [3.05, 3.63) is 77.1 Å². The highest BCUT2D eigenvalue weighted by atomic mass is 35.5. The Labute approximate surface area is 187 Å². The Hall–Kier alpha value is -2.50. The van der Waals surface area contributed by atoms with Crippen LogP contribution in [0.5, 0.6) is 5.88 Å². The van der Waals surface area contributed by atoms with Gasteiger partial charge in [0.25, 0.3) is 0 Å². The quantitative estimate of drug-likeness (QED) is 0.508. The molecular weight excluding hydrogens is 413 g/mol.